The second-order valence-corrected chi connectivity index (χ2v) is 11.6. The summed E-state index contributed by atoms with van der Waals surface area (Å²) in [5, 5.41) is 3.63. The van der Waals surface area contributed by atoms with Crippen molar-refractivity contribution in [1.82, 2.24) is 14.9 Å². The van der Waals surface area contributed by atoms with Crippen molar-refractivity contribution in [3.63, 3.8) is 0 Å². The number of ether oxygens (including phenoxy) is 1. The van der Waals surface area contributed by atoms with E-state index in [2.05, 4.69) is 26.8 Å². The largest absolute Gasteiger partial charge is 0.489 e. The molecule has 1 spiro atoms. The van der Waals surface area contributed by atoms with Gasteiger partial charge in [-0.05, 0) is 56.6 Å². The van der Waals surface area contributed by atoms with Gasteiger partial charge in [-0.15, -0.1) is 6.58 Å². The van der Waals surface area contributed by atoms with E-state index >= 15 is 0 Å². The van der Waals surface area contributed by atoms with Crippen LogP contribution in [0, 0.1) is 0 Å². The van der Waals surface area contributed by atoms with Crippen molar-refractivity contribution in [2.75, 3.05) is 37.8 Å². The first-order valence-corrected chi connectivity index (χ1v) is 13.0. The van der Waals surface area contributed by atoms with Crippen LogP contribution < -0.4 is 10.1 Å². The van der Waals surface area contributed by atoms with Gasteiger partial charge in [0.25, 0.3) is 0 Å². The molecule has 0 saturated carbocycles. The Balaban J connectivity index is 1.32. The summed E-state index contributed by atoms with van der Waals surface area (Å²) in [5.41, 5.74) is 1.33. The number of carbonyl (C=O) groups excluding carboxylic acids is 1. The molecule has 1 saturated heterocycles. The lowest BCUT2D eigenvalue weighted by Crippen LogP contribution is -2.47. The fourth-order valence-electron chi connectivity index (χ4n) is 4.39. The minimum atomic E-state index is -3.47. The van der Waals surface area contributed by atoms with E-state index in [0.29, 0.717) is 23.9 Å². The number of piperidine rings is 1. The highest BCUT2D eigenvalue weighted by molar-refractivity contribution is 7.91. The van der Waals surface area contributed by atoms with Crippen LogP contribution in [0.25, 0.3) is 0 Å². The van der Waals surface area contributed by atoms with Crippen LogP contribution in [0.1, 0.15) is 31.2 Å². The number of halogens is 1. The second-order valence-electron chi connectivity index (χ2n) is 8.74. The van der Waals surface area contributed by atoms with E-state index in [9.17, 15) is 13.2 Å². The second kappa shape index (κ2) is 8.70. The number of benzene rings is 1. The van der Waals surface area contributed by atoms with Gasteiger partial charge in [0.15, 0.2) is 21.4 Å². The molecule has 1 aromatic carbocycles. The van der Waals surface area contributed by atoms with Gasteiger partial charge in [-0.1, -0.05) is 17.7 Å². The number of aromatic nitrogens is 2. The molecule has 0 radical (unpaired) electrons. The summed E-state index contributed by atoms with van der Waals surface area (Å²) in [5.74, 6) is 0.670. The van der Waals surface area contributed by atoms with E-state index in [1.807, 2.05) is 12.1 Å². The standard InChI is InChI=1S/C23H27ClN4O4S/c1-4-22(2,33(3,30)31)20-25-14-17(15-26-20)32-12-11-28-9-7-23(8-10-28)18-13-16(24)5-6-19(18)27-21(23)29/h4-6,13-15H,1,7-12H2,2-3H3,(H,27,29). The van der Waals surface area contributed by atoms with E-state index in [-0.39, 0.29) is 11.7 Å². The third-order valence-corrected chi connectivity index (χ3v) is 8.92. The zero-order chi connectivity index (χ0) is 23.9. The molecule has 10 heteroatoms. The normalized spacial score (nSPS) is 19.5. The van der Waals surface area contributed by atoms with Crippen molar-refractivity contribution in [1.29, 1.82) is 0 Å². The molecule has 2 aliphatic heterocycles. The van der Waals surface area contributed by atoms with E-state index in [1.165, 1.54) is 25.4 Å². The molecule has 1 atom stereocenters. The van der Waals surface area contributed by atoms with Crippen molar-refractivity contribution >= 4 is 33.0 Å². The molecular weight excluding hydrogens is 464 g/mol. The molecule has 2 aliphatic rings. The number of hydrogen-bond acceptors (Lipinski definition) is 7. The van der Waals surface area contributed by atoms with Crippen molar-refractivity contribution in [2.45, 2.75) is 29.9 Å². The summed E-state index contributed by atoms with van der Waals surface area (Å²) in [6, 6.07) is 5.56. The van der Waals surface area contributed by atoms with Gasteiger partial charge in [0, 0.05) is 23.5 Å². The third kappa shape index (κ3) is 4.25. The predicted molar refractivity (Wildman–Crippen MR) is 127 cm³/mol. The molecule has 1 N–H and O–H groups in total. The molecule has 176 valence electrons. The van der Waals surface area contributed by atoms with Gasteiger partial charge in [-0.3, -0.25) is 9.69 Å². The minimum absolute atomic E-state index is 0.0496. The Labute approximate surface area is 198 Å². The summed E-state index contributed by atoms with van der Waals surface area (Å²) < 4.78 is 28.6. The number of sulfone groups is 1. The van der Waals surface area contributed by atoms with Crippen LogP contribution in [0.15, 0.2) is 43.2 Å². The summed E-state index contributed by atoms with van der Waals surface area (Å²) in [7, 11) is -3.47. The molecule has 33 heavy (non-hydrogen) atoms. The number of carbonyl (C=O) groups is 1. The molecule has 1 unspecified atom stereocenters. The Morgan fingerprint density at radius 3 is 2.58 bits per heavy atom. The van der Waals surface area contributed by atoms with Crippen LogP contribution in [-0.2, 0) is 24.8 Å². The molecule has 8 nitrogen and oxygen atoms in total. The number of anilines is 1. The van der Waals surface area contributed by atoms with E-state index < -0.39 is 20.0 Å². The molecular formula is C23H27ClN4O4S. The maximum absolute atomic E-state index is 12.8. The van der Waals surface area contributed by atoms with Crippen LogP contribution >= 0.6 is 11.6 Å². The number of hydrogen-bond donors (Lipinski definition) is 1. The van der Waals surface area contributed by atoms with Gasteiger partial charge >= 0.3 is 0 Å². The Hall–Kier alpha value is -2.49. The lowest BCUT2D eigenvalue weighted by molar-refractivity contribution is -0.122. The van der Waals surface area contributed by atoms with Crippen LogP contribution in [-0.4, -0.2) is 61.7 Å². The molecule has 3 heterocycles. The monoisotopic (exact) mass is 490 g/mol. The summed E-state index contributed by atoms with van der Waals surface area (Å²) >= 11 is 6.18. The number of likely N-dealkylation sites (tertiary alicyclic amines) is 1. The smallest absolute Gasteiger partial charge is 0.235 e. The first kappa shape index (κ1) is 23.7. The van der Waals surface area contributed by atoms with Gasteiger partial charge in [0.1, 0.15) is 11.4 Å². The Kier molecular flexibility index (Phi) is 6.24. The van der Waals surface area contributed by atoms with Crippen LogP contribution in [0.4, 0.5) is 5.69 Å². The minimum Gasteiger partial charge on any atom is -0.489 e. The van der Waals surface area contributed by atoms with Crippen molar-refractivity contribution in [3.8, 4) is 5.75 Å². The Morgan fingerprint density at radius 1 is 1.30 bits per heavy atom. The fraction of sp³-hybridized carbons (Fsp3) is 0.435. The number of nitrogens with zero attached hydrogens (tertiary/aromatic N) is 3. The zero-order valence-electron chi connectivity index (χ0n) is 18.7. The Bertz CT molecular complexity index is 1180. The summed E-state index contributed by atoms with van der Waals surface area (Å²) in [6.45, 7) is 7.79. The molecule has 4 rings (SSSR count). The van der Waals surface area contributed by atoms with E-state index in [1.54, 1.807) is 6.07 Å². The predicted octanol–water partition coefficient (Wildman–Crippen LogP) is 2.94. The van der Waals surface area contributed by atoms with Crippen molar-refractivity contribution in [2.24, 2.45) is 0 Å². The lowest BCUT2D eigenvalue weighted by atomic mass is 9.73. The molecule has 2 aromatic rings. The van der Waals surface area contributed by atoms with Gasteiger partial charge in [0.2, 0.25) is 5.91 Å². The molecule has 1 amide bonds. The van der Waals surface area contributed by atoms with Crippen molar-refractivity contribution < 1.29 is 17.9 Å². The van der Waals surface area contributed by atoms with E-state index in [4.69, 9.17) is 16.3 Å². The molecule has 0 aliphatic carbocycles. The maximum atomic E-state index is 12.8. The molecule has 0 bridgehead atoms. The van der Waals surface area contributed by atoms with Crippen LogP contribution in [0.3, 0.4) is 0 Å². The quantitative estimate of drug-likeness (QED) is 0.595. The number of nitrogens with one attached hydrogen (secondary N) is 1. The molecule has 1 aromatic heterocycles. The van der Waals surface area contributed by atoms with Gasteiger partial charge < -0.3 is 10.1 Å². The highest BCUT2D eigenvalue weighted by atomic mass is 35.5. The summed E-state index contributed by atoms with van der Waals surface area (Å²) in [6.07, 6.45) is 6.85. The highest BCUT2D eigenvalue weighted by Crippen LogP contribution is 2.45. The first-order chi connectivity index (χ1) is 15.6. The topological polar surface area (TPSA) is 101 Å². The maximum Gasteiger partial charge on any atom is 0.235 e. The van der Waals surface area contributed by atoms with Gasteiger partial charge in [-0.2, -0.15) is 0 Å². The van der Waals surface area contributed by atoms with Crippen LogP contribution in [0.2, 0.25) is 5.02 Å². The number of fused-ring (bicyclic) bond motifs is 2. The lowest BCUT2D eigenvalue weighted by Gasteiger charge is -2.37. The van der Waals surface area contributed by atoms with Crippen LogP contribution in [0.5, 0.6) is 5.75 Å². The SMILES string of the molecule is C=CC(C)(c1ncc(OCCN2CCC3(CC2)C(=O)Nc2ccc(Cl)cc23)cn1)S(C)(=O)=O. The highest BCUT2D eigenvalue weighted by Gasteiger charge is 2.48. The molecule has 1 fully saturated rings. The number of rotatable bonds is 7. The Morgan fingerprint density at radius 2 is 1.97 bits per heavy atom. The number of amides is 1. The first-order valence-electron chi connectivity index (χ1n) is 10.7. The third-order valence-electron chi connectivity index (χ3n) is 6.80. The fourth-order valence-corrected chi connectivity index (χ4v) is 5.30. The van der Waals surface area contributed by atoms with Crippen molar-refractivity contribution in [3.05, 3.63) is 59.7 Å². The summed E-state index contributed by atoms with van der Waals surface area (Å²) in [4.78, 5) is 23.4. The average Bonchev–Trinajstić information content (AvgIpc) is 3.05. The van der Waals surface area contributed by atoms with Gasteiger partial charge in [-0.25, -0.2) is 18.4 Å². The van der Waals surface area contributed by atoms with Gasteiger partial charge in [0.05, 0.1) is 17.8 Å². The van der Waals surface area contributed by atoms with E-state index in [0.717, 1.165) is 43.4 Å². The average molecular weight is 491 g/mol. The zero-order valence-corrected chi connectivity index (χ0v) is 20.2.